The molecule has 2 heterocycles. The standard InChI is InChI=1S/C27H27ClN4O5S/c1-14(2)16-6-8-17(9-7-16)30-22(33)12-32-13-29-26-23(27(32)35)15(3)24(38-26)25(34)31-19-10-18(28)20(36-4)11-21(19)37-5/h6-11,13-14H,12H2,1-5H3,(H,30,33)(H,31,34). The summed E-state index contributed by atoms with van der Waals surface area (Å²) in [6, 6.07) is 10.7. The fourth-order valence-corrected chi connectivity index (χ4v) is 5.21. The van der Waals surface area contributed by atoms with E-state index in [1.807, 2.05) is 24.3 Å². The first-order valence-corrected chi connectivity index (χ1v) is 12.9. The van der Waals surface area contributed by atoms with Crippen LogP contribution in [-0.4, -0.2) is 35.6 Å². The monoisotopic (exact) mass is 554 g/mol. The van der Waals surface area contributed by atoms with E-state index in [-0.39, 0.29) is 17.8 Å². The highest BCUT2D eigenvalue weighted by Gasteiger charge is 2.22. The second kappa shape index (κ2) is 11.2. The number of carbonyl (C=O) groups excluding carboxylic acids is 2. The van der Waals surface area contributed by atoms with E-state index in [4.69, 9.17) is 21.1 Å². The van der Waals surface area contributed by atoms with Gasteiger partial charge in [-0.15, -0.1) is 11.3 Å². The fourth-order valence-electron chi connectivity index (χ4n) is 3.93. The fraction of sp³-hybridized carbons (Fsp3) is 0.259. The predicted octanol–water partition coefficient (Wildman–Crippen LogP) is 5.45. The lowest BCUT2D eigenvalue weighted by molar-refractivity contribution is -0.116. The van der Waals surface area contributed by atoms with Crippen LogP contribution in [0.4, 0.5) is 11.4 Å². The Morgan fingerprint density at radius 2 is 1.76 bits per heavy atom. The molecule has 2 aromatic heterocycles. The SMILES string of the molecule is COc1cc(OC)c(NC(=O)c2sc3ncn(CC(=O)Nc4ccc(C(C)C)cc4)c(=O)c3c2C)cc1Cl. The summed E-state index contributed by atoms with van der Waals surface area (Å²) >= 11 is 7.31. The van der Waals surface area contributed by atoms with Crippen molar-refractivity contribution < 1.29 is 19.1 Å². The lowest BCUT2D eigenvalue weighted by Crippen LogP contribution is -2.28. The first-order chi connectivity index (χ1) is 18.1. The molecule has 0 saturated carbocycles. The topological polar surface area (TPSA) is 112 Å². The van der Waals surface area contributed by atoms with Gasteiger partial charge in [0.15, 0.2) is 0 Å². The number of benzene rings is 2. The van der Waals surface area contributed by atoms with E-state index in [1.165, 1.54) is 31.2 Å². The molecule has 11 heteroatoms. The number of hydrogen-bond acceptors (Lipinski definition) is 7. The van der Waals surface area contributed by atoms with Gasteiger partial charge in [-0.1, -0.05) is 37.6 Å². The largest absolute Gasteiger partial charge is 0.495 e. The van der Waals surface area contributed by atoms with Gasteiger partial charge in [-0.25, -0.2) is 4.98 Å². The van der Waals surface area contributed by atoms with Crippen molar-refractivity contribution in [1.29, 1.82) is 0 Å². The molecule has 0 aliphatic heterocycles. The van der Waals surface area contributed by atoms with Gasteiger partial charge < -0.3 is 20.1 Å². The van der Waals surface area contributed by atoms with Crippen molar-refractivity contribution in [3.05, 3.63) is 74.1 Å². The number of halogens is 1. The highest BCUT2D eigenvalue weighted by atomic mass is 35.5. The molecule has 0 unspecified atom stereocenters. The number of rotatable bonds is 8. The number of methoxy groups -OCH3 is 2. The molecule has 198 valence electrons. The van der Waals surface area contributed by atoms with Crippen molar-refractivity contribution in [3.8, 4) is 11.5 Å². The van der Waals surface area contributed by atoms with Crippen molar-refractivity contribution in [2.75, 3.05) is 24.9 Å². The second-order valence-corrected chi connectivity index (χ2v) is 10.3. The molecule has 0 bridgehead atoms. The number of nitrogens with zero attached hydrogens (tertiary/aromatic N) is 2. The Labute approximate surface area is 228 Å². The molecule has 0 aliphatic rings. The summed E-state index contributed by atoms with van der Waals surface area (Å²) in [6.07, 6.45) is 1.32. The number of nitrogens with one attached hydrogen (secondary N) is 2. The minimum Gasteiger partial charge on any atom is -0.495 e. The molecular weight excluding hydrogens is 528 g/mol. The maximum atomic E-state index is 13.2. The molecule has 0 fully saturated rings. The van der Waals surface area contributed by atoms with Crippen molar-refractivity contribution in [2.45, 2.75) is 33.2 Å². The lowest BCUT2D eigenvalue weighted by Gasteiger charge is -2.13. The van der Waals surface area contributed by atoms with Crippen LogP contribution in [-0.2, 0) is 11.3 Å². The Bertz CT molecular complexity index is 1580. The van der Waals surface area contributed by atoms with Gasteiger partial charge in [-0.05, 0) is 42.2 Å². The maximum absolute atomic E-state index is 13.2. The molecule has 0 atom stereocenters. The number of carbonyl (C=O) groups is 2. The van der Waals surface area contributed by atoms with Gasteiger partial charge in [0.25, 0.3) is 11.5 Å². The minimum absolute atomic E-state index is 0.216. The van der Waals surface area contributed by atoms with Crippen LogP contribution in [0.1, 0.15) is 40.6 Å². The Morgan fingerprint density at radius 3 is 2.39 bits per heavy atom. The molecule has 0 spiro atoms. The molecule has 4 rings (SSSR count). The molecule has 2 amide bonds. The Kier molecular flexibility index (Phi) is 8.03. The van der Waals surface area contributed by atoms with Crippen molar-refractivity contribution in [3.63, 3.8) is 0 Å². The summed E-state index contributed by atoms with van der Waals surface area (Å²) in [6.45, 7) is 5.65. The summed E-state index contributed by atoms with van der Waals surface area (Å²) in [4.78, 5) is 44.1. The third kappa shape index (κ3) is 5.51. The quantitative estimate of drug-likeness (QED) is 0.299. The van der Waals surface area contributed by atoms with Gasteiger partial charge in [0.05, 0.1) is 41.5 Å². The molecule has 0 radical (unpaired) electrons. The molecule has 38 heavy (non-hydrogen) atoms. The number of thiophene rings is 1. The lowest BCUT2D eigenvalue weighted by atomic mass is 10.0. The zero-order chi connectivity index (χ0) is 27.6. The summed E-state index contributed by atoms with van der Waals surface area (Å²) < 4.78 is 11.8. The molecule has 0 aliphatic carbocycles. The van der Waals surface area contributed by atoms with Crippen LogP contribution in [0.3, 0.4) is 0 Å². The highest BCUT2D eigenvalue weighted by molar-refractivity contribution is 7.20. The van der Waals surface area contributed by atoms with Crippen LogP contribution < -0.4 is 25.7 Å². The van der Waals surface area contributed by atoms with E-state index in [0.717, 1.165) is 16.9 Å². The average Bonchev–Trinajstić information content (AvgIpc) is 3.23. The molecule has 0 saturated heterocycles. The van der Waals surface area contributed by atoms with Crippen LogP contribution in [0.5, 0.6) is 11.5 Å². The van der Waals surface area contributed by atoms with Crippen molar-refractivity contribution in [2.24, 2.45) is 0 Å². The predicted molar refractivity (Wildman–Crippen MR) is 150 cm³/mol. The average molecular weight is 555 g/mol. The number of ether oxygens (including phenoxy) is 2. The highest BCUT2D eigenvalue weighted by Crippen LogP contribution is 2.37. The van der Waals surface area contributed by atoms with Crippen molar-refractivity contribution >= 4 is 56.3 Å². The Hall–Kier alpha value is -3.89. The molecule has 4 aromatic rings. The van der Waals surface area contributed by atoms with Gasteiger partial charge in [-0.2, -0.15) is 0 Å². The minimum atomic E-state index is -0.446. The van der Waals surface area contributed by atoms with Gasteiger partial charge in [0, 0.05) is 11.8 Å². The van der Waals surface area contributed by atoms with Gasteiger partial charge in [0.1, 0.15) is 22.9 Å². The Morgan fingerprint density at radius 1 is 1.08 bits per heavy atom. The van der Waals surface area contributed by atoms with Gasteiger partial charge in [-0.3, -0.25) is 19.0 Å². The van der Waals surface area contributed by atoms with Crippen LogP contribution in [0.25, 0.3) is 10.2 Å². The number of fused-ring (bicyclic) bond motifs is 1. The van der Waals surface area contributed by atoms with Crippen LogP contribution in [0.15, 0.2) is 47.5 Å². The van der Waals surface area contributed by atoms with Crippen LogP contribution in [0, 0.1) is 6.92 Å². The zero-order valence-electron chi connectivity index (χ0n) is 21.5. The first-order valence-electron chi connectivity index (χ1n) is 11.7. The number of aromatic nitrogens is 2. The van der Waals surface area contributed by atoms with E-state index in [2.05, 4.69) is 29.5 Å². The molecule has 2 aromatic carbocycles. The molecule has 2 N–H and O–H groups in total. The number of anilines is 2. The third-order valence-corrected chi connectivity index (χ3v) is 7.51. The van der Waals surface area contributed by atoms with Crippen LogP contribution in [0.2, 0.25) is 5.02 Å². The van der Waals surface area contributed by atoms with Crippen molar-refractivity contribution in [1.82, 2.24) is 9.55 Å². The van der Waals surface area contributed by atoms with E-state index >= 15 is 0 Å². The first kappa shape index (κ1) is 27.2. The molecular formula is C27H27ClN4O5S. The summed E-state index contributed by atoms with van der Waals surface area (Å²) in [5, 5.41) is 6.17. The second-order valence-electron chi connectivity index (χ2n) is 8.88. The number of hydrogen-bond donors (Lipinski definition) is 2. The van der Waals surface area contributed by atoms with E-state index < -0.39 is 11.5 Å². The van der Waals surface area contributed by atoms with Gasteiger partial charge >= 0.3 is 0 Å². The smallest absolute Gasteiger partial charge is 0.266 e. The summed E-state index contributed by atoms with van der Waals surface area (Å²) in [5.41, 5.74) is 2.22. The third-order valence-electron chi connectivity index (χ3n) is 6.02. The van der Waals surface area contributed by atoms with E-state index in [1.54, 1.807) is 13.0 Å². The van der Waals surface area contributed by atoms with E-state index in [0.29, 0.717) is 49.1 Å². The number of aryl methyl sites for hydroxylation is 1. The van der Waals surface area contributed by atoms with E-state index in [9.17, 15) is 14.4 Å². The molecule has 9 nitrogen and oxygen atoms in total. The zero-order valence-corrected chi connectivity index (χ0v) is 23.1. The Balaban J connectivity index is 1.56. The van der Waals surface area contributed by atoms with Crippen LogP contribution >= 0.6 is 22.9 Å². The van der Waals surface area contributed by atoms with Gasteiger partial charge in [0.2, 0.25) is 5.91 Å². The number of amides is 2. The summed E-state index contributed by atoms with van der Waals surface area (Å²) in [7, 11) is 2.94. The summed E-state index contributed by atoms with van der Waals surface area (Å²) in [5.74, 6) is 0.344. The normalized spacial score (nSPS) is 11.0. The maximum Gasteiger partial charge on any atom is 0.266 e.